The van der Waals surface area contributed by atoms with Crippen molar-refractivity contribution < 1.29 is 0 Å². The third kappa shape index (κ3) is 3.64. The maximum absolute atomic E-state index is 5.04. The van der Waals surface area contributed by atoms with E-state index < -0.39 is 0 Å². The Balaban J connectivity index is 1.46. The Labute approximate surface area is 197 Å². The second-order valence-corrected chi connectivity index (χ2v) is 9.44. The SMILES string of the molecule is CCSc1ccc(-c2nn(-c3ccccc3)cc2C2Nc3cccc4cccc(c34)N2)cc1. The first-order valence-corrected chi connectivity index (χ1v) is 12.2. The van der Waals surface area contributed by atoms with Gasteiger partial charge in [0, 0.05) is 39.0 Å². The van der Waals surface area contributed by atoms with Crippen molar-refractivity contribution in [3.8, 4) is 16.9 Å². The number of hydrogen-bond donors (Lipinski definition) is 2. The van der Waals surface area contributed by atoms with Gasteiger partial charge in [-0.2, -0.15) is 5.10 Å². The summed E-state index contributed by atoms with van der Waals surface area (Å²) in [6, 6.07) is 31.8. The number of benzene rings is 4. The Morgan fingerprint density at radius 1 is 0.818 bits per heavy atom. The number of aromatic nitrogens is 2. The highest BCUT2D eigenvalue weighted by Crippen LogP contribution is 2.40. The van der Waals surface area contributed by atoms with Gasteiger partial charge in [0.25, 0.3) is 0 Å². The fraction of sp³-hybridized carbons (Fsp3) is 0.107. The minimum absolute atomic E-state index is 0.0948. The lowest BCUT2D eigenvalue weighted by molar-refractivity contribution is 0.873. The number of thioether (sulfide) groups is 1. The van der Waals surface area contributed by atoms with E-state index in [2.05, 4.69) is 96.6 Å². The van der Waals surface area contributed by atoms with E-state index in [4.69, 9.17) is 5.10 Å². The second kappa shape index (κ2) is 8.34. The van der Waals surface area contributed by atoms with Gasteiger partial charge in [-0.15, -0.1) is 11.8 Å². The molecule has 6 rings (SSSR count). The molecule has 2 heterocycles. The molecule has 5 aromatic rings. The lowest BCUT2D eigenvalue weighted by Gasteiger charge is -2.29. The fourth-order valence-corrected chi connectivity index (χ4v) is 5.16. The first kappa shape index (κ1) is 19.9. The molecule has 1 aromatic heterocycles. The normalized spacial score (nSPS) is 13.0. The van der Waals surface area contributed by atoms with Crippen LogP contribution in [0.4, 0.5) is 11.4 Å². The minimum Gasteiger partial charge on any atom is -0.361 e. The molecule has 0 fully saturated rings. The molecule has 2 N–H and O–H groups in total. The number of nitrogens with one attached hydrogen (secondary N) is 2. The molecule has 4 nitrogen and oxygen atoms in total. The Kier molecular flexibility index (Phi) is 5.04. The number of para-hydroxylation sites is 1. The largest absolute Gasteiger partial charge is 0.361 e. The molecule has 0 bridgehead atoms. The molecule has 0 aliphatic carbocycles. The number of anilines is 2. The summed E-state index contributed by atoms with van der Waals surface area (Å²) < 4.78 is 1.98. The Morgan fingerprint density at radius 3 is 2.18 bits per heavy atom. The van der Waals surface area contributed by atoms with Crippen molar-refractivity contribution in [2.75, 3.05) is 16.4 Å². The van der Waals surface area contributed by atoms with Crippen LogP contribution in [0.5, 0.6) is 0 Å². The van der Waals surface area contributed by atoms with Gasteiger partial charge in [-0.1, -0.05) is 61.5 Å². The van der Waals surface area contributed by atoms with E-state index in [1.807, 2.05) is 34.6 Å². The van der Waals surface area contributed by atoms with Crippen molar-refractivity contribution in [2.24, 2.45) is 0 Å². The lowest BCUT2D eigenvalue weighted by Crippen LogP contribution is -2.23. The molecule has 1 aliphatic heterocycles. The average Bonchev–Trinajstić information content (AvgIpc) is 3.31. The summed E-state index contributed by atoms with van der Waals surface area (Å²) in [7, 11) is 0. The van der Waals surface area contributed by atoms with Crippen LogP contribution in [0.2, 0.25) is 0 Å². The highest BCUT2D eigenvalue weighted by molar-refractivity contribution is 7.99. The molecule has 0 radical (unpaired) electrons. The topological polar surface area (TPSA) is 41.9 Å². The molecule has 5 heteroatoms. The smallest absolute Gasteiger partial charge is 0.127 e. The molecule has 33 heavy (non-hydrogen) atoms. The van der Waals surface area contributed by atoms with Gasteiger partial charge in [0.15, 0.2) is 0 Å². The summed E-state index contributed by atoms with van der Waals surface area (Å²) in [5.41, 5.74) is 6.52. The van der Waals surface area contributed by atoms with Crippen LogP contribution in [0, 0.1) is 0 Å². The summed E-state index contributed by atoms with van der Waals surface area (Å²) in [6.07, 6.45) is 2.04. The molecule has 0 saturated carbocycles. The molecule has 0 saturated heterocycles. The molecule has 1 aliphatic rings. The number of rotatable bonds is 5. The zero-order valence-corrected chi connectivity index (χ0v) is 19.1. The molecule has 0 spiro atoms. The van der Waals surface area contributed by atoms with Crippen LogP contribution in [0.25, 0.3) is 27.7 Å². The van der Waals surface area contributed by atoms with Crippen molar-refractivity contribution in [1.29, 1.82) is 0 Å². The third-order valence-electron chi connectivity index (χ3n) is 6.02. The van der Waals surface area contributed by atoms with Crippen LogP contribution < -0.4 is 10.6 Å². The molecule has 0 unspecified atom stereocenters. The van der Waals surface area contributed by atoms with E-state index in [9.17, 15) is 0 Å². The zero-order chi connectivity index (χ0) is 22.2. The highest BCUT2D eigenvalue weighted by Gasteiger charge is 2.25. The Bertz CT molecular complexity index is 1380. The molecule has 162 valence electrons. The van der Waals surface area contributed by atoms with Gasteiger partial charge in [-0.05, 0) is 47.5 Å². The van der Waals surface area contributed by atoms with E-state index in [0.717, 1.165) is 39.6 Å². The van der Waals surface area contributed by atoms with Gasteiger partial charge in [0.2, 0.25) is 0 Å². The highest BCUT2D eigenvalue weighted by atomic mass is 32.2. The van der Waals surface area contributed by atoms with Crippen LogP contribution in [0.3, 0.4) is 0 Å². The van der Waals surface area contributed by atoms with Gasteiger partial charge in [0.1, 0.15) is 6.17 Å². The molecule has 0 atom stereocenters. The number of nitrogens with zero attached hydrogens (tertiary/aromatic N) is 2. The van der Waals surface area contributed by atoms with Gasteiger partial charge < -0.3 is 10.6 Å². The molecular weight excluding hydrogens is 424 g/mol. The fourth-order valence-electron chi connectivity index (χ4n) is 4.50. The summed E-state index contributed by atoms with van der Waals surface area (Å²) in [4.78, 5) is 1.28. The van der Waals surface area contributed by atoms with E-state index in [1.165, 1.54) is 15.7 Å². The van der Waals surface area contributed by atoms with Gasteiger partial charge in [0.05, 0.1) is 11.4 Å². The van der Waals surface area contributed by atoms with Crippen LogP contribution in [0.1, 0.15) is 18.7 Å². The van der Waals surface area contributed by atoms with Crippen LogP contribution in [-0.4, -0.2) is 15.5 Å². The van der Waals surface area contributed by atoms with Crippen molar-refractivity contribution in [3.05, 3.63) is 103 Å². The maximum Gasteiger partial charge on any atom is 0.127 e. The average molecular weight is 449 g/mol. The van der Waals surface area contributed by atoms with Gasteiger partial charge in [-0.25, -0.2) is 4.68 Å². The first-order valence-electron chi connectivity index (χ1n) is 11.2. The van der Waals surface area contributed by atoms with Crippen molar-refractivity contribution in [1.82, 2.24) is 9.78 Å². The zero-order valence-electron chi connectivity index (χ0n) is 18.3. The predicted octanol–water partition coefficient (Wildman–Crippen LogP) is 7.34. The van der Waals surface area contributed by atoms with Crippen LogP contribution in [-0.2, 0) is 0 Å². The summed E-state index contributed by atoms with van der Waals surface area (Å²) in [5, 5.41) is 14.9. The van der Waals surface area contributed by atoms with E-state index in [1.54, 1.807) is 0 Å². The Morgan fingerprint density at radius 2 is 1.52 bits per heavy atom. The summed E-state index contributed by atoms with van der Waals surface area (Å²) in [6.45, 7) is 2.18. The van der Waals surface area contributed by atoms with E-state index >= 15 is 0 Å². The predicted molar refractivity (Wildman–Crippen MR) is 139 cm³/mol. The third-order valence-corrected chi connectivity index (χ3v) is 6.91. The van der Waals surface area contributed by atoms with Crippen molar-refractivity contribution >= 4 is 33.9 Å². The monoisotopic (exact) mass is 448 g/mol. The van der Waals surface area contributed by atoms with Crippen molar-refractivity contribution in [3.63, 3.8) is 0 Å². The minimum atomic E-state index is -0.0948. The van der Waals surface area contributed by atoms with E-state index in [0.29, 0.717) is 0 Å². The van der Waals surface area contributed by atoms with Crippen molar-refractivity contribution in [2.45, 2.75) is 18.0 Å². The molecule has 0 amide bonds. The number of hydrogen-bond acceptors (Lipinski definition) is 4. The van der Waals surface area contributed by atoms with Gasteiger partial charge in [-0.3, -0.25) is 0 Å². The van der Waals surface area contributed by atoms with Crippen LogP contribution in [0.15, 0.2) is 102 Å². The summed E-state index contributed by atoms with van der Waals surface area (Å²) >= 11 is 1.85. The lowest BCUT2D eigenvalue weighted by atomic mass is 10.0. The van der Waals surface area contributed by atoms with Gasteiger partial charge >= 0.3 is 0 Å². The first-order chi connectivity index (χ1) is 16.3. The standard InChI is InChI=1S/C28H24N4S/c1-2-33-22-16-14-20(15-17-22)27-23(18-32(31-27)21-10-4-3-5-11-21)28-29-24-12-6-8-19-9-7-13-25(30-28)26(19)24/h3-18,28-30H,2H2,1H3. The van der Waals surface area contributed by atoms with E-state index in [-0.39, 0.29) is 6.17 Å². The van der Waals surface area contributed by atoms with Crippen LogP contribution >= 0.6 is 11.8 Å². The molecular formula is C28H24N4S. The molecule has 4 aromatic carbocycles. The maximum atomic E-state index is 5.04. The quantitative estimate of drug-likeness (QED) is 0.276. The summed E-state index contributed by atoms with van der Waals surface area (Å²) in [5.74, 6) is 1.06. The second-order valence-electron chi connectivity index (χ2n) is 8.10. The Hall–Kier alpha value is -3.70.